The minimum Gasteiger partial charge on any atom is -0.497 e. The van der Waals surface area contributed by atoms with Gasteiger partial charge in [0, 0.05) is 38.6 Å². The first-order chi connectivity index (χ1) is 27.1. The average Bonchev–Trinajstić information content (AvgIpc) is 3.90. The van der Waals surface area contributed by atoms with E-state index >= 15 is 0 Å². The fraction of sp³-hybridized carbons (Fsp3) is 0.452. The van der Waals surface area contributed by atoms with Crippen LogP contribution in [0.25, 0.3) is 0 Å². The molecule has 0 N–H and O–H groups in total. The van der Waals surface area contributed by atoms with Crippen LogP contribution in [0.3, 0.4) is 0 Å². The Morgan fingerprint density at radius 1 is 0.964 bits per heavy atom. The summed E-state index contributed by atoms with van der Waals surface area (Å²) < 4.78 is 50.1. The molecular weight excluding hydrogens is 731 g/mol. The summed E-state index contributed by atoms with van der Waals surface area (Å²) in [6.07, 6.45) is 3.60. The largest absolute Gasteiger partial charge is 0.497 e. The Bertz CT molecular complexity index is 1860. The molecule has 56 heavy (non-hydrogen) atoms. The summed E-state index contributed by atoms with van der Waals surface area (Å²) in [6, 6.07) is 28.4. The zero-order chi connectivity index (χ0) is 39.9. The van der Waals surface area contributed by atoms with Crippen LogP contribution < -0.4 is 9.47 Å². The predicted octanol–water partition coefficient (Wildman–Crippen LogP) is 7.46. The number of imidazole rings is 1. The van der Waals surface area contributed by atoms with Crippen molar-refractivity contribution in [1.82, 2.24) is 19.1 Å². The van der Waals surface area contributed by atoms with Crippen LogP contribution in [0.4, 0.5) is 5.95 Å². The van der Waals surface area contributed by atoms with E-state index in [1.54, 1.807) is 26.8 Å². The van der Waals surface area contributed by atoms with Crippen LogP contribution in [0, 0.1) is 11.3 Å². The summed E-state index contributed by atoms with van der Waals surface area (Å²) in [7, 11) is 5.43. The number of benzene rings is 3. The first kappa shape index (κ1) is 41.3. The minimum absolute atomic E-state index is 0.0628. The number of hydrogen-bond donors (Lipinski definition) is 0. The Kier molecular flexibility index (Phi) is 13.5. The second-order valence-electron chi connectivity index (χ2n) is 14.6. The lowest BCUT2D eigenvalue weighted by atomic mass is 9.79. The molecule has 0 aliphatic carbocycles. The van der Waals surface area contributed by atoms with Crippen molar-refractivity contribution in [3.05, 3.63) is 108 Å². The standard InChI is InChI=1S/C42H53N6O7P/c1-30(2)48(31(3)4)56(53-26-12-23-43)55-38-37-39(47-25-24-44-40(47)45-29-46(5)6)54-41(38,27-51-37)28-52-42(32-13-10-9-11-14-32,33-15-19-35(49-7)20-16-33)34-17-21-36(50-8)22-18-34/h9-11,13-22,24-25,29-31,37-39H,12,26-28H2,1-8H3/b45-29-/t37-,38+,39-,41-,56?/m1/s1. The van der Waals surface area contributed by atoms with E-state index in [9.17, 15) is 5.26 Å². The topological polar surface area (TPSA) is 125 Å². The van der Waals surface area contributed by atoms with Crippen molar-refractivity contribution in [2.75, 3.05) is 48.1 Å². The maximum absolute atomic E-state index is 9.42. The molecule has 5 atom stereocenters. The monoisotopic (exact) mass is 784 g/mol. The smallest absolute Gasteiger partial charge is 0.259 e. The summed E-state index contributed by atoms with van der Waals surface area (Å²) in [5.74, 6) is 1.91. The van der Waals surface area contributed by atoms with E-state index in [0.717, 1.165) is 28.2 Å². The van der Waals surface area contributed by atoms with E-state index in [2.05, 4.69) is 60.5 Å². The summed E-state index contributed by atoms with van der Waals surface area (Å²) >= 11 is 0. The molecule has 3 aromatic carbocycles. The lowest BCUT2D eigenvalue weighted by molar-refractivity contribution is -0.202. The van der Waals surface area contributed by atoms with Gasteiger partial charge >= 0.3 is 0 Å². The Morgan fingerprint density at radius 3 is 2.12 bits per heavy atom. The molecular formula is C42H53N6O7P. The second kappa shape index (κ2) is 18.3. The van der Waals surface area contributed by atoms with Crippen molar-refractivity contribution in [2.24, 2.45) is 4.99 Å². The van der Waals surface area contributed by atoms with Crippen LogP contribution in [0.15, 0.2) is 96.2 Å². The molecule has 13 nitrogen and oxygen atoms in total. The van der Waals surface area contributed by atoms with E-state index in [4.69, 9.17) is 32.7 Å². The van der Waals surface area contributed by atoms with Crippen molar-refractivity contribution < 1.29 is 32.7 Å². The van der Waals surface area contributed by atoms with Gasteiger partial charge < -0.3 is 37.6 Å². The Balaban J connectivity index is 1.48. The average molecular weight is 785 g/mol. The molecule has 0 radical (unpaired) electrons. The van der Waals surface area contributed by atoms with Crippen molar-refractivity contribution in [3.8, 4) is 17.6 Å². The molecule has 4 aromatic rings. The van der Waals surface area contributed by atoms with Gasteiger partial charge in [-0.25, -0.2) is 14.6 Å². The number of ether oxygens (including phenoxy) is 5. The van der Waals surface area contributed by atoms with E-state index < -0.39 is 38.2 Å². The number of nitrogens with zero attached hydrogens (tertiary/aromatic N) is 6. The molecule has 3 heterocycles. The molecule has 298 valence electrons. The van der Waals surface area contributed by atoms with Crippen LogP contribution in [-0.4, -0.2) is 103 Å². The van der Waals surface area contributed by atoms with Gasteiger partial charge in [-0.05, 0) is 68.7 Å². The van der Waals surface area contributed by atoms with Gasteiger partial charge in [-0.2, -0.15) is 5.26 Å². The quantitative estimate of drug-likeness (QED) is 0.0310. The fourth-order valence-corrected chi connectivity index (χ4v) is 9.15. The van der Waals surface area contributed by atoms with E-state index in [1.165, 1.54) is 0 Å². The number of methoxy groups -OCH3 is 2. The highest BCUT2D eigenvalue weighted by Gasteiger charge is 2.65. The van der Waals surface area contributed by atoms with Crippen LogP contribution in [-0.2, 0) is 28.9 Å². The number of hydrogen-bond acceptors (Lipinski definition) is 11. The van der Waals surface area contributed by atoms with Gasteiger partial charge in [0.25, 0.3) is 8.53 Å². The molecule has 2 saturated heterocycles. The van der Waals surface area contributed by atoms with Crippen molar-refractivity contribution in [1.29, 1.82) is 5.26 Å². The van der Waals surface area contributed by atoms with E-state index in [0.29, 0.717) is 5.95 Å². The molecule has 14 heteroatoms. The summed E-state index contributed by atoms with van der Waals surface area (Å²) in [5, 5.41) is 9.42. The number of rotatable bonds is 19. The summed E-state index contributed by atoms with van der Waals surface area (Å²) in [5.41, 5.74) is 0.453. The Morgan fingerprint density at radius 2 is 1.57 bits per heavy atom. The van der Waals surface area contributed by atoms with Gasteiger partial charge in [-0.3, -0.25) is 4.57 Å². The van der Waals surface area contributed by atoms with Crippen LogP contribution >= 0.6 is 8.53 Å². The SMILES string of the molecule is COc1ccc(C(OC[C@@]23CO[C@@H]([C@H](n4ccnc4/N=C\N(C)C)O2)[C@@H]3OP(OCCC#N)N(C(C)C)C(C)C)(c2ccccc2)c2ccc(OC)cc2)cc1. The number of fused-ring (bicyclic) bond motifs is 2. The normalized spacial score (nSPS) is 21.3. The maximum Gasteiger partial charge on any atom is 0.259 e. The molecule has 0 spiro atoms. The minimum atomic E-state index is -1.67. The van der Waals surface area contributed by atoms with Crippen molar-refractivity contribution in [3.63, 3.8) is 0 Å². The van der Waals surface area contributed by atoms with E-state index in [-0.39, 0.29) is 38.3 Å². The summed E-state index contributed by atoms with van der Waals surface area (Å²) in [4.78, 5) is 11.0. The molecule has 2 fully saturated rings. The summed E-state index contributed by atoms with van der Waals surface area (Å²) in [6.45, 7) is 8.94. The third-order valence-electron chi connectivity index (χ3n) is 9.87. The highest BCUT2D eigenvalue weighted by molar-refractivity contribution is 7.44. The third kappa shape index (κ3) is 8.48. The predicted molar refractivity (Wildman–Crippen MR) is 215 cm³/mol. The van der Waals surface area contributed by atoms with Crippen LogP contribution in [0.1, 0.15) is 57.0 Å². The number of aliphatic imine (C=N–C) groups is 1. The highest BCUT2D eigenvalue weighted by atomic mass is 31.2. The third-order valence-corrected chi connectivity index (χ3v) is 12.0. The zero-order valence-electron chi connectivity index (χ0n) is 33.4. The van der Waals surface area contributed by atoms with Crippen LogP contribution in [0.5, 0.6) is 11.5 Å². The lowest BCUT2D eigenvalue weighted by Crippen LogP contribution is -2.49. The van der Waals surface area contributed by atoms with Gasteiger partial charge in [0.15, 0.2) is 6.23 Å². The van der Waals surface area contributed by atoms with Crippen molar-refractivity contribution >= 4 is 20.8 Å². The second-order valence-corrected chi connectivity index (χ2v) is 16.0. The van der Waals surface area contributed by atoms with Gasteiger partial charge in [0.2, 0.25) is 5.95 Å². The first-order valence-electron chi connectivity index (χ1n) is 18.8. The fourth-order valence-electron chi connectivity index (χ4n) is 7.34. The molecule has 0 saturated carbocycles. The van der Waals surface area contributed by atoms with Gasteiger partial charge in [0.05, 0.1) is 52.9 Å². The Labute approximate surface area is 331 Å². The van der Waals surface area contributed by atoms with Gasteiger partial charge in [0.1, 0.15) is 34.9 Å². The zero-order valence-corrected chi connectivity index (χ0v) is 34.3. The molecule has 0 amide bonds. The highest BCUT2D eigenvalue weighted by Crippen LogP contribution is 2.56. The molecule has 2 aliphatic rings. The van der Waals surface area contributed by atoms with Crippen LogP contribution in [0.2, 0.25) is 0 Å². The number of aromatic nitrogens is 2. The molecule has 2 bridgehead atoms. The Hall–Kier alpha value is -4.38. The first-order valence-corrected chi connectivity index (χ1v) is 20.0. The molecule has 1 aromatic heterocycles. The maximum atomic E-state index is 9.42. The molecule has 1 unspecified atom stereocenters. The van der Waals surface area contributed by atoms with E-state index in [1.807, 2.05) is 96.5 Å². The molecule has 6 rings (SSSR count). The van der Waals surface area contributed by atoms with Gasteiger partial charge in [-0.15, -0.1) is 0 Å². The number of nitriles is 1. The molecule has 2 aliphatic heterocycles. The van der Waals surface area contributed by atoms with Crippen molar-refractivity contribution in [2.45, 2.75) is 75.8 Å². The lowest BCUT2D eigenvalue weighted by Gasteiger charge is -2.41. The van der Waals surface area contributed by atoms with Gasteiger partial charge in [-0.1, -0.05) is 54.6 Å².